The van der Waals surface area contributed by atoms with Crippen LogP contribution in [0.5, 0.6) is 0 Å². The average molecular weight is 391 g/mol. The number of anilines is 1. The number of nitrogens with one attached hydrogen (secondary N) is 1. The first kappa shape index (κ1) is 20.0. The lowest BCUT2D eigenvalue weighted by molar-refractivity contribution is -0.150. The summed E-state index contributed by atoms with van der Waals surface area (Å²) in [6, 6.07) is 10.7. The lowest BCUT2D eigenvalue weighted by Crippen LogP contribution is -2.36. The van der Waals surface area contributed by atoms with Gasteiger partial charge in [0.15, 0.2) is 12.0 Å². The molecule has 0 saturated carbocycles. The Morgan fingerprint density at radius 3 is 2.64 bits per heavy atom. The summed E-state index contributed by atoms with van der Waals surface area (Å²) >= 11 is 0. The van der Waals surface area contributed by atoms with Crippen molar-refractivity contribution in [1.82, 2.24) is 9.55 Å². The fourth-order valence-electron chi connectivity index (χ4n) is 2.90. The highest BCUT2D eigenvalue weighted by Gasteiger charge is 2.44. The van der Waals surface area contributed by atoms with Crippen LogP contribution >= 0.6 is 0 Å². The van der Waals surface area contributed by atoms with Crippen molar-refractivity contribution in [2.75, 3.05) is 12.1 Å². The van der Waals surface area contributed by atoms with Crippen LogP contribution in [0.3, 0.4) is 0 Å². The molecular weight excluding hydrogens is 370 g/mol. The Balaban J connectivity index is 1.55. The molecule has 150 valence electrons. The molecule has 0 spiro atoms. The van der Waals surface area contributed by atoms with E-state index in [9.17, 15) is 19.8 Å². The maximum absolute atomic E-state index is 12.0. The first-order valence-electron chi connectivity index (χ1n) is 8.70. The van der Waals surface area contributed by atoms with Crippen molar-refractivity contribution in [3.8, 4) is 0 Å². The molecule has 1 fully saturated rings. The van der Waals surface area contributed by atoms with Gasteiger partial charge in [-0.15, -0.1) is 0 Å². The summed E-state index contributed by atoms with van der Waals surface area (Å²) < 4.78 is 11.6. The average Bonchev–Trinajstić information content (AvgIpc) is 2.99. The highest BCUT2D eigenvalue weighted by molar-refractivity contribution is 5.69. The highest BCUT2D eigenvalue weighted by atomic mass is 16.6. The molecule has 3 rings (SSSR count). The summed E-state index contributed by atoms with van der Waals surface area (Å²) in [7, 11) is 0. The summed E-state index contributed by atoms with van der Waals surface area (Å²) in [5, 5.41) is 29.1. The Labute approximate surface area is 159 Å². The van der Waals surface area contributed by atoms with Gasteiger partial charge in [0.2, 0.25) is 0 Å². The minimum absolute atomic E-state index is 0.0711. The Kier molecular flexibility index (Phi) is 6.37. The van der Waals surface area contributed by atoms with Crippen molar-refractivity contribution in [3.63, 3.8) is 0 Å². The van der Waals surface area contributed by atoms with Gasteiger partial charge < -0.3 is 19.7 Å². The third-order valence-corrected chi connectivity index (χ3v) is 4.43. The molecule has 10 nitrogen and oxygen atoms in total. The van der Waals surface area contributed by atoms with Crippen molar-refractivity contribution >= 4 is 11.8 Å². The van der Waals surface area contributed by atoms with Gasteiger partial charge in [-0.05, 0) is 18.1 Å². The number of ether oxygens (including phenoxy) is 2. The van der Waals surface area contributed by atoms with E-state index in [-0.39, 0.29) is 18.8 Å². The first-order chi connectivity index (χ1) is 13.5. The molecule has 1 aliphatic rings. The fraction of sp³-hybridized carbons (Fsp3) is 0.389. The van der Waals surface area contributed by atoms with E-state index < -0.39 is 36.2 Å². The second-order valence-corrected chi connectivity index (χ2v) is 6.33. The minimum Gasteiger partial charge on any atom is -0.463 e. The number of benzene rings is 1. The largest absolute Gasteiger partial charge is 0.463 e. The molecular formula is C18H21N3O7. The molecule has 0 unspecified atom stereocenters. The Morgan fingerprint density at radius 1 is 1.21 bits per heavy atom. The van der Waals surface area contributed by atoms with Crippen LogP contribution in [0.25, 0.3) is 0 Å². The van der Waals surface area contributed by atoms with Crippen LogP contribution < -0.4 is 11.2 Å². The predicted molar refractivity (Wildman–Crippen MR) is 95.6 cm³/mol. The van der Waals surface area contributed by atoms with E-state index in [0.717, 1.165) is 10.1 Å². The van der Waals surface area contributed by atoms with Gasteiger partial charge in [0.1, 0.15) is 24.9 Å². The van der Waals surface area contributed by atoms with Gasteiger partial charge >= 0.3 is 11.7 Å². The smallest absolute Gasteiger partial charge is 0.351 e. The van der Waals surface area contributed by atoms with E-state index >= 15 is 0 Å². The van der Waals surface area contributed by atoms with Crippen LogP contribution in [-0.2, 0) is 20.7 Å². The monoisotopic (exact) mass is 391 g/mol. The quantitative estimate of drug-likeness (QED) is 0.374. The van der Waals surface area contributed by atoms with Crippen molar-refractivity contribution < 1.29 is 29.7 Å². The molecule has 1 aromatic carbocycles. The maximum atomic E-state index is 12.0. The minimum atomic E-state index is -1.42. The molecule has 0 aliphatic carbocycles. The van der Waals surface area contributed by atoms with Gasteiger partial charge in [-0.25, -0.2) is 4.79 Å². The molecule has 2 aromatic rings. The fourth-order valence-corrected chi connectivity index (χ4v) is 2.90. The highest BCUT2D eigenvalue weighted by Crippen LogP contribution is 2.28. The van der Waals surface area contributed by atoms with Gasteiger partial charge in [0, 0.05) is 12.6 Å². The number of carbonyl (C=O) groups excluding carboxylic acids is 1. The van der Waals surface area contributed by atoms with Crippen molar-refractivity contribution in [3.05, 3.63) is 58.6 Å². The molecule has 2 heterocycles. The van der Waals surface area contributed by atoms with Crippen molar-refractivity contribution in [1.29, 1.82) is 0 Å². The second-order valence-electron chi connectivity index (χ2n) is 6.33. The zero-order valence-electron chi connectivity index (χ0n) is 14.8. The zero-order valence-corrected chi connectivity index (χ0v) is 14.8. The van der Waals surface area contributed by atoms with Crippen molar-refractivity contribution in [2.45, 2.75) is 37.4 Å². The number of aliphatic hydroxyl groups excluding tert-OH is 2. The summed E-state index contributed by atoms with van der Waals surface area (Å²) in [6.07, 6.45) is -3.03. The van der Waals surface area contributed by atoms with E-state index in [2.05, 4.69) is 4.98 Å². The Bertz CT molecular complexity index is 858. The molecule has 28 heavy (non-hydrogen) atoms. The molecule has 1 saturated heterocycles. The number of rotatable bonds is 7. The van der Waals surface area contributed by atoms with E-state index in [4.69, 9.17) is 14.7 Å². The lowest BCUT2D eigenvalue weighted by atomic mass is 10.1. The molecule has 1 aromatic heterocycles. The molecule has 10 heteroatoms. The van der Waals surface area contributed by atoms with Crippen LogP contribution in [-0.4, -0.2) is 55.9 Å². The normalized spacial score (nSPS) is 24.1. The van der Waals surface area contributed by atoms with Crippen LogP contribution in [0, 0.1) is 0 Å². The van der Waals surface area contributed by atoms with Gasteiger partial charge in [0.05, 0.1) is 0 Å². The molecule has 4 atom stereocenters. The number of hydrogen-bond donors (Lipinski definition) is 4. The predicted octanol–water partition coefficient (Wildman–Crippen LogP) is -0.160. The number of aryl methyl sites for hydroxylation is 1. The van der Waals surface area contributed by atoms with Gasteiger partial charge in [-0.2, -0.15) is 4.98 Å². The summed E-state index contributed by atoms with van der Waals surface area (Å²) in [5.41, 5.74) is 1.94. The summed E-state index contributed by atoms with van der Waals surface area (Å²) in [5.74, 6) is -0.534. The zero-order chi connectivity index (χ0) is 20.1. The van der Waals surface area contributed by atoms with E-state index in [1.807, 2.05) is 30.3 Å². The summed E-state index contributed by atoms with van der Waals surface area (Å²) in [6.45, 7) is -0.263. The Hall–Kier alpha value is -2.79. The SMILES string of the molecule is O=C(CCc1ccccc1)OC[C@H]1O[C@@H](n2ccc(NO)nc2=O)[C@H](O)[C@@H]1O. The molecule has 0 radical (unpaired) electrons. The molecule has 4 N–H and O–H groups in total. The first-order valence-corrected chi connectivity index (χ1v) is 8.70. The van der Waals surface area contributed by atoms with Crippen molar-refractivity contribution in [2.24, 2.45) is 0 Å². The Morgan fingerprint density at radius 2 is 1.96 bits per heavy atom. The number of aliphatic hydroxyl groups is 2. The number of nitrogens with zero attached hydrogens (tertiary/aromatic N) is 2. The van der Waals surface area contributed by atoms with E-state index in [1.165, 1.54) is 12.3 Å². The standard InChI is InChI=1S/C18H21N3O7/c22-14(7-6-11-4-2-1-3-5-11)27-10-12-15(23)16(24)17(28-12)21-9-8-13(20-26)19-18(21)25/h1-5,8-9,12,15-17,23-24,26H,6-7,10H2,(H,19,20,25)/t12-,15-,16-,17-/m1/s1. The van der Waals surface area contributed by atoms with E-state index in [0.29, 0.717) is 6.42 Å². The van der Waals surface area contributed by atoms with Crippen LogP contribution in [0.4, 0.5) is 5.82 Å². The number of carbonyl (C=O) groups is 1. The molecule has 1 aliphatic heterocycles. The third-order valence-electron chi connectivity index (χ3n) is 4.43. The van der Waals surface area contributed by atoms with Gasteiger partial charge in [0.25, 0.3) is 0 Å². The van der Waals surface area contributed by atoms with Gasteiger partial charge in [-0.1, -0.05) is 30.3 Å². The number of hydrogen-bond acceptors (Lipinski definition) is 9. The lowest BCUT2D eigenvalue weighted by Gasteiger charge is -2.17. The third kappa shape index (κ3) is 4.54. The molecule has 0 bridgehead atoms. The second kappa shape index (κ2) is 8.93. The van der Waals surface area contributed by atoms with E-state index in [1.54, 1.807) is 5.48 Å². The maximum Gasteiger partial charge on any atom is 0.351 e. The van der Waals surface area contributed by atoms with Crippen LogP contribution in [0.15, 0.2) is 47.4 Å². The topological polar surface area (TPSA) is 143 Å². The van der Waals surface area contributed by atoms with Crippen LogP contribution in [0.1, 0.15) is 18.2 Å². The van der Waals surface area contributed by atoms with Gasteiger partial charge in [-0.3, -0.25) is 20.0 Å². The number of esters is 1. The van der Waals surface area contributed by atoms with Crippen LogP contribution in [0.2, 0.25) is 0 Å². The summed E-state index contributed by atoms with van der Waals surface area (Å²) in [4.78, 5) is 27.4. The molecule has 0 amide bonds. The number of aromatic nitrogens is 2.